The van der Waals surface area contributed by atoms with Gasteiger partial charge in [0.15, 0.2) is 0 Å². The number of aromatic nitrogens is 1. The molecular formula is C15H20BrN3O. The number of hydrogen-bond acceptors (Lipinski definition) is 2. The molecule has 2 fully saturated rings. The maximum atomic E-state index is 12.5. The highest BCUT2D eigenvalue weighted by atomic mass is 79.9. The van der Waals surface area contributed by atoms with Gasteiger partial charge in [0.1, 0.15) is 4.60 Å². The number of pyridine rings is 1. The van der Waals surface area contributed by atoms with Crippen LogP contribution in [0.2, 0.25) is 0 Å². The molecule has 1 saturated carbocycles. The average molecular weight is 338 g/mol. The van der Waals surface area contributed by atoms with Gasteiger partial charge >= 0.3 is 6.03 Å². The molecule has 1 atom stereocenters. The number of amides is 2. The van der Waals surface area contributed by atoms with Crippen LogP contribution < -0.4 is 5.32 Å². The van der Waals surface area contributed by atoms with E-state index in [9.17, 15) is 4.79 Å². The van der Waals surface area contributed by atoms with Crippen molar-refractivity contribution in [2.75, 3.05) is 11.9 Å². The Kier molecular flexibility index (Phi) is 3.96. The van der Waals surface area contributed by atoms with E-state index >= 15 is 0 Å². The third-order valence-electron chi connectivity index (χ3n) is 4.55. The molecule has 0 aromatic carbocycles. The fourth-order valence-corrected chi connectivity index (χ4v) is 3.61. The van der Waals surface area contributed by atoms with Crippen LogP contribution in [-0.2, 0) is 0 Å². The first-order valence-electron chi connectivity index (χ1n) is 7.36. The minimum Gasteiger partial charge on any atom is -0.321 e. The molecule has 1 aromatic rings. The van der Waals surface area contributed by atoms with Gasteiger partial charge in [-0.25, -0.2) is 9.78 Å². The third kappa shape index (κ3) is 2.68. The number of rotatable bonds is 2. The molecule has 3 rings (SSSR count). The second kappa shape index (κ2) is 5.72. The van der Waals surface area contributed by atoms with Crippen LogP contribution in [0.25, 0.3) is 0 Å². The summed E-state index contributed by atoms with van der Waals surface area (Å²) in [7, 11) is 0. The SMILES string of the molecule is Cc1nc(Br)ccc1NC(=O)N1CCC[C@H]1C1CCC1. The number of carbonyl (C=O) groups excluding carboxylic acids is 1. The van der Waals surface area contributed by atoms with Crippen molar-refractivity contribution in [1.29, 1.82) is 0 Å². The topological polar surface area (TPSA) is 45.2 Å². The molecule has 0 bridgehead atoms. The van der Waals surface area contributed by atoms with Crippen molar-refractivity contribution in [2.45, 2.75) is 45.1 Å². The van der Waals surface area contributed by atoms with Gasteiger partial charge in [0.2, 0.25) is 0 Å². The fraction of sp³-hybridized carbons (Fsp3) is 0.600. The van der Waals surface area contributed by atoms with E-state index < -0.39 is 0 Å². The van der Waals surface area contributed by atoms with Crippen molar-refractivity contribution in [3.05, 3.63) is 22.4 Å². The zero-order valence-corrected chi connectivity index (χ0v) is 13.3. The van der Waals surface area contributed by atoms with E-state index in [1.807, 2.05) is 24.0 Å². The van der Waals surface area contributed by atoms with Gasteiger partial charge in [0, 0.05) is 12.6 Å². The van der Waals surface area contributed by atoms with Crippen LogP contribution in [-0.4, -0.2) is 28.5 Å². The summed E-state index contributed by atoms with van der Waals surface area (Å²) < 4.78 is 0.793. The first kappa shape index (κ1) is 13.9. The van der Waals surface area contributed by atoms with E-state index in [-0.39, 0.29) is 6.03 Å². The molecule has 0 unspecified atom stereocenters. The predicted molar refractivity (Wildman–Crippen MR) is 82.8 cm³/mol. The molecule has 2 aliphatic rings. The smallest absolute Gasteiger partial charge is 0.321 e. The molecule has 1 aliphatic heterocycles. The zero-order chi connectivity index (χ0) is 14.1. The molecule has 0 radical (unpaired) electrons. The Morgan fingerprint density at radius 2 is 2.15 bits per heavy atom. The molecule has 4 nitrogen and oxygen atoms in total. The Balaban J connectivity index is 1.68. The van der Waals surface area contributed by atoms with Crippen LogP contribution in [0.4, 0.5) is 10.5 Å². The largest absolute Gasteiger partial charge is 0.322 e. The van der Waals surface area contributed by atoms with E-state index in [0.29, 0.717) is 6.04 Å². The summed E-state index contributed by atoms with van der Waals surface area (Å²) in [6, 6.07) is 4.24. The minimum atomic E-state index is 0.0339. The summed E-state index contributed by atoms with van der Waals surface area (Å²) in [4.78, 5) is 18.8. The standard InChI is InChI=1S/C15H20BrN3O/c1-10-12(7-8-14(16)17-10)18-15(20)19-9-3-6-13(19)11-4-2-5-11/h7-8,11,13H,2-6,9H2,1H3,(H,18,20)/t13-/m0/s1. The second-order valence-corrected chi connectivity index (χ2v) is 6.60. The molecule has 1 aliphatic carbocycles. The monoisotopic (exact) mass is 337 g/mol. The lowest BCUT2D eigenvalue weighted by Crippen LogP contribution is -2.44. The van der Waals surface area contributed by atoms with Crippen molar-refractivity contribution in [2.24, 2.45) is 5.92 Å². The van der Waals surface area contributed by atoms with E-state index in [1.54, 1.807) is 0 Å². The molecule has 5 heteroatoms. The third-order valence-corrected chi connectivity index (χ3v) is 4.99. The molecule has 20 heavy (non-hydrogen) atoms. The molecule has 1 saturated heterocycles. The van der Waals surface area contributed by atoms with Gasteiger partial charge in [-0.3, -0.25) is 0 Å². The molecular weight excluding hydrogens is 318 g/mol. The van der Waals surface area contributed by atoms with Gasteiger partial charge in [-0.15, -0.1) is 0 Å². The van der Waals surface area contributed by atoms with Crippen LogP contribution in [0.15, 0.2) is 16.7 Å². The van der Waals surface area contributed by atoms with Crippen molar-refractivity contribution in [3.63, 3.8) is 0 Å². The van der Waals surface area contributed by atoms with Crippen molar-refractivity contribution in [1.82, 2.24) is 9.88 Å². The number of anilines is 1. The normalized spacial score (nSPS) is 22.7. The molecule has 1 N–H and O–H groups in total. The Bertz CT molecular complexity index is 516. The number of hydrogen-bond donors (Lipinski definition) is 1. The highest BCUT2D eigenvalue weighted by Crippen LogP contribution is 2.37. The van der Waals surface area contributed by atoms with Crippen molar-refractivity contribution >= 4 is 27.6 Å². The minimum absolute atomic E-state index is 0.0339. The highest BCUT2D eigenvalue weighted by Gasteiger charge is 2.37. The summed E-state index contributed by atoms with van der Waals surface area (Å²) in [5.41, 5.74) is 1.64. The summed E-state index contributed by atoms with van der Waals surface area (Å²) in [6.45, 7) is 2.80. The number of nitrogens with zero attached hydrogens (tertiary/aromatic N) is 2. The summed E-state index contributed by atoms with van der Waals surface area (Å²) >= 11 is 3.34. The number of nitrogens with one attached hydrogen (secondary N) is 1. The van der Waals surface area contributed by atoms with E-state index in [1.165, 1.54) is 19.3 Å². The molecule has 2 amide bonds. The van der Waals surface area contributed by atoms with Crippen molar-refractivity contribution < 1.29 is 4.79 Å². The molecule has 2 heterocycles. The second-order valence-electron chi connectivity index (χ2n) is 5.79. The Hall–Kier alpha value is -1.10. The van der Waals surface area contributed by atoms with E-state index in [0.717, 1.165) is 41.3 Å². The maximum Gasteiger partial charge on any atom is 0.322 e. The van der Waals surface area contributed by atoms with Crippen molar-refractivity contribution in [3.8, 4) is 0 Å². The van der Waals surface area contributed by atoms with E-state index in [4.69, 9.17) is 0 Å². The Morgan fingerprint density at radius 3 is 2.80 bits per heavy atom. The summed E-state index contributed by atoms with van der Waals surface area (Å²) in [5.74, 6) is 0.729. The van der Waals surface area contributed by atoms with E-state index in [2.05, 4.69) is 26.2 Å². The van der Waals surface area contributed by atoms with Crippen LogP contribution in [0.5, 0.6) is 0 Å². The average Bonchev–Trinajstić information content (AvgIpc) is 2.79. The van der Waals surface area contributed by atoms with Crippen LogP contribution in [0.3, 0.4) is 0 Å². The molecule has 1 aromatic heterocycles. The lowest BCUT2D eigenvalue weighted by Gasteiger charge is -2.37. The number of halogens is 1. The first-order chi connectivity index (χ1) is 9.65. The van der Waals surface area contributed by atoms with Gasteiger partial charge in [0.25, 0.3) is 0 Å². The van der Waals surface area contributed by atoms with Gasteiger partial charge in [-0.1, -0.05) is 6.42 Å². The highest BCUT2D eigenvalue weighted by molar-refractivity contribution is 9.10. The van der Waals surface area contributed by atoms with Gasteiger partial charge in [-0.2, -0.15) is 0 Å². The van der Waals surface area contributed by atoms with Gasteiger partial charge in [-0.05, 0) is 66.6 Å². The molecule has 0 spiro atoms. The summed E-state index contributed by atoms with van der Waals surface area (Å²) in [6.07, 6.45) is 6.19. The number of likely N-dealkylation sites (tertiary alicyclic amines) is 1. The lowest BCUT2D eigenvalue weighted by atomic mass is 9.79. The molecule has 108 valence electrons. The van der Waals surface area contributed by atoms with Crippen LogP contribution in [0, 0.1) is 12.8 Å². The predicted octanol–water partition coefficient (Wildman–Crippen LogP) is 3.95. The van der Waals surface area contributed by atoms with Gasteiger partial charge in [0.05, 0.1) is 11.4 Å². The summed E-state index contributed by atoms with van der Waals surface area (Å²) in [5, 5.41) is 3.02. The maximum absolute atomic E-state index is 12.5. The van der Waals surface area contributed by atoms with Crippen LogP contribution in [0.1, 0.15) is 37.8 Å². The number of carbonyl (C=O) groups is 1. The Morgan fingerprint density at radius 1 is 1.35 bits per heavy atom. The number of aryl methyl sites for hydroxylation is 1. The quantitative estimate of drug-likeness (QED) is 0.830. The fourth-order valence-electron chi connectivity index (χ4n) is 3.21. The Labute approximate surface area is 128 Å². The number of urea groups is 1. The lowest BCUT2D eigenvalue weighted by molar-refractivity contribution is 0.148. The zero-order valence-electron chi connectivity index (χ0n) is 11.7. The van der Waals surface area contributed by atoms with Gasteiger partial charge < -0.3 is 10.2 Å². The first-order valence-corrected chi connectivity index (χ1v) is 8.15. The van der Waals surface area contributed by atoms with Crippen LogP contribution >= 0.6 is 15.9 Å².